The van der Waals surface area contributed by atoms with Crippen LogP contribution >= 0.6 is 0 Å². The third-order valence-corrected chi connectivity index (χ3v) is 4.17. The van der Waals surface area contributed by atoms with E-state index < -0.39 is 0 Å². The summed E-state index contributed by atoms with van der Waals surface area (Å²) in [5, 5.41) is 3.67. The smallest absolute Gasteiger partial charge is 0.00968 e. The Hall–Kier alpha value is -0.820. The first-order valence-corrected chi connectivity index (χ1v) is 7.49. The van der Waals surface area contributed by atoms with Crippen LogP contribution in [-0.4, -0.2) is 12.1 Å². The van der Waals surface area contributed by atoms with Crippen LogP contribution < -0.4 is 5.32 Å². The van der Waals surface area contributed by atoms with Gasteiger partial charge in [0, 0.05) is 17.5 Å². The van der Waals surface area contributed by atoms with Crippen molar-refractivity contribution in [2.45, 2.75) is 70.8 Å². The Kier molecular flexibility index (Phi) is 3.55. The second kappa shape index (κ2) is 4.63. The zero-order chi connectivity index (χ0) is 14.3. The van der Waals surface area contributed by atoms with Crippen LogP contribution in [0.4, 0.5) is 0 Å². The summed E-state index contributed by atoms with van der Waals surface area (Å²) in [5.41, 5.74) is 3.80. The molecule has 0 bridgehead atoms. The van der Waals surface area contributed by atoms with Crippen molar-refractivity contribution in [3.8, 4) is 0 Å². The quantitative estimate of drug-likeness (QED) is 0.848. The van der Waals surface area contributed by atoms with E-state index in [1.165, 1.54) is 24.0 Å². The van der Waals surface area contributed by atoms with E-state index in [2.05, 4.69) is 71.1 Å². The van der Waals surface area contributed by atoms with E-state index in [1.54, 1.807) is 0 Å². The lowest BCUT2D eigenvalue weighted by molar-refractivity contribution is 0.399. The predicted octanol–water partition coefficient (Wildman–Crippen LogP) is 4.40. The lowest BCUT2D eigenvalue weighted by atomic mass is 9.85. The van der Waals surface area contributed by atoms with Gasteiger partial charge in [-0.15, -0.1) is 0 Å². The molecule has 0 aromatic heterocycles. The minimum Gasteiger partial charge on any atom is -0.311 e. The predicted molar refractivity (Wildman–Crippen MR) is 83.8 cm³/mol. The summed E-state index contributed by atoms with van der Waals surface area (Å²) in [5.74, 6) is 0. The van der Waals surface area contributed by atoms with Crippen LogP contribution in [0.5, 0.6) is 0 Å². The summed E-state index contributed by atoms with van der Waals surface area (Å²) >= 11 is 0. The largest absolute Gasteiger partial charge is 0.311 e. The summed E-state index contributed by atoms with van der Waals surface area (Å²) in [6, 6.07) is 9.31. The third-order valence-electron chi connectivity index (χ3n) is 4.17. The van der Waals surface area contributed by atoms with Gasteiger partial charge in [0.1, 0.15) is 0 Å². The molecule has 1 aliphatic rings. The van der Waals surface area contributed by atoms with Crippen molar-refractivity contribution >= 4 is 0 Å². The molecule has 1 aromatic carbocycles. The Bertz CT molecular complexity index is 424. The van der Waals surface area contributed by atoms with Crippen molar-refractivity contribution in [1.29, 1.82) is 0 Å². The average molecular weight is 259 g/mol. The molecule has 106 valence electrons. The monoisotopic (exact) mass is 259 g/mol. The first-order chi connectivity index (χ1) is 8.62. The van der Waals surface area contributed by atoms with E-state index in [1.807, 2.05) is 0 Å². The number of nitrogens with one attached hydrogen (secondary N) is 1. The van der Waals surface area contributed by atoms with Gasteiger partial charge < -0.3 is 5.32 Å². The van der Waals surface area contributed by atoms with Gasteiger partial charge in [0.2, 0.25) is 0 Å². The van der Waals surface area contributed by atoms with Gasteiger partial charge >= 0.3 is 0 Å². The molecule has 0 saturated heterocycles. The van der Waals surface area contributed by atoms with Gasteiger partial charge in [-0.2, -0.15) is 0 Å². The molecule has 0 heterocycles. The standard InChI is InChI=1S/C18H29N/c1-16(2,3)14-7-9-15(10-8-14)18(11-12-18)13-19-17(4,5)6/h7-10,19H,11-13H2,1-6H3. The maximum Gasteiger partial charge on any atom is 0.00968 e. The third kappa shape index (κ3) is 3.60. The van der Waals surface area contributed by atoms with Gasteiger partial charge in [0.05, 0.1) is 0 Å². The highest BCUT2D eigenvalue weighted by Gasteiger charge is 2.44. The van der Waals surface area contributed by atoms with E-state index in [4.69, 9.17) is 0 Å². The molecule has 1 heteroatoms. The summed E-state index contributed by atoms with van der Waals surface area (Å²) in [6.07, 6.45) is 2.65. The molecular formula is C18H29N. The molecular weight excluding hydrogens is 230 g/mol. The van der Waals surface area contributed by atoms with E-state index in [9.17, 15) is 0 Å². The minimum absolute atomic E-state index is 0.209. The topological polar surface area (TPSA) is 12.0 Å². The molecule has 1 fully saturated rings. The Morgan fingerprint density at radius 2 is 1.47 bits per heavy atom. The summed E-state index contributed by atoms with van der Waals surface area (Å²) < 4.78 is 0. The maximum absolute atomic E-state index is 3.67. The highest BCUT2D eigenvalue weighted by molar-refractivity contribution is 5.36. The molecule has 19 heavy (non-hydrogen) atoms. The molecule has 0 radical (unpaired) electrons. The molecule has 1 aromatic rings. The van der Waals surface area contributed by atoms with Crippen LogP contribution in [0, 0.1) is 0 Å². The SMILES string of the molecule is CC(C)(C)NCC1(c2ccc(C(C)(C)C)cc2)CC1. The van der Waals surface area contributed by atoms with Crippen molar-refractivity contribution in [2.75, 3.05) is 6.54 Å². The van der Waals surface area contributed by atoms with Gasteiger partial charge in [-0.1, -0.05) is 45.0 Å². The molecule has 1 saturated carbocycles. The molecule has 1 N–H and O–H groups in total. The van der Waals surface area contributed by atoms with Crippen LogP contribution in [-0.2, 0) is 10.8 Å². The molecule has 1 aliphatic carbocycles. The van der Waals surface area contributed by atoms with E-state index in [-0.39, 0.29) is 11.0 Å². The van der Waals surface area contributed by atoms with Crippen LogP contribution in [0.2, 0.25) is 0 Å². The second-order valence-corrected chi connectivity index (χ2v) is 8.21. The average Bonchev–Trinajstić information content (AvgIpc) is 3.06. The Balaban J connectivity index is 2.10. The Morgan fingerprint density at radius 3 is 1.84 bits per heavy atom. The van der Waals surface area contributed by atoms with E-state index in [0.717, 1.165) is 6.54 Å². The minimum atomic E-state index is 0.209. The van der Waals surface area contributed by atoms with Crippen LogP contribution in [0.25, 0.3) is 0 Å². The van der Waals surface area contributed by atoms with Gasteiger partial charge in [-0.3, -0.25) is 0 Å². The Labute approximate surface area is 118 Å². The van der Waals surface area contributed by atoms with E-state index in [0.29, 0.717) is 5.41 Å². The molecule has 0 amide bonds. The molecule has 0 aliphatic heterocycles. The molecule has 1 nitrogen and oxygen atoms in total. The van der Waals surface area contributed by atoms with Crippen molar-refractivity contribution in [1.82, 2.24) is 5.32 Å². The number of hydrogen-bond donors (Lipinski definition) is 1. The second-order valence-electron chi connectivity index (χ2n) is 8.21. The van der Waals surface area contributed by atoms with Gasteiger partial charge in [-0.25, -0.2) is 0 Å². The lowest BCUT2D eigenvalue weighted by Gasteiger charge is -2.26. The van der Waals surface area contributed by atoms with Crippen LogP contribution in [0.15, 0.2) is 24.3 Å². The van der Waals surface area contributed by atoms with Crippen molar-refractivity contribution < 1.29 is 0 Å². The fourth-order valence-corrected chi connectivity index (χ4v) is 2.48. The zero-order valence-corrected chi connectivity index (χ0v) is 13.4. The van der Waals surface area contributed by atoms with Gasteiger partial charge in [0.25, 0.3) is 0 Å². The number of benzene rings is 1. The Morgan fingerprint density at radius 1 is 0.947 bits per heavy atom. The summed E-state index contributed by atoms with van der Waals surface area (Å²) in [7, 11) is 0. The molecule has 2 rings (SSSR count). The zero-order valence-electron chi connectivity index (χ0n) is 13.4. The fraction of sp³-hybridized carbons (Fsp3) is 0.667. The van der Waals surface area contributed by atoms with Crippen molar-refractivity contribution in [3.05, 3.63) is 35.4 Å². The first-order valence-electron chi connectivity index (χ1n) is 7.49. The highest BCUT2D eigenvalue weighted by atomic mass is 15.0. The summed E-state index contributed by atoms with van der Waals surface area (Å²) in [4.78, 5) is 0. The lowest BCUT2D eigenvalue weighted by Crippen LogP contribution is -2.40. The number of rotatable bonds is 3. The highest BCUT2D eigenvalue weighted by Crippen LogP contribution is 2.48. The molecule has 0 unspecified atom stereocenters. The first kappa shape index (κ1) is 14.6. The van der Waals surface area contributed by atoms with E-state index >= 15 is 0 Å². The molecule has 0 spiro atoms. The van der Waals surface area contributed by atoms with Crippen molar-refractivity contribution in [3.63, 3.8) is 0 Å². The summed E-state index contributed by atoms with van der Waals surface area (Å²) in [6.45, 7) is 14.6. The normalized spacial score (nSPS) is 18.4. The van der Waals surface area contributed by atoms with Gasteiger partial charge in [0.15, 0.2) is 0 Å². The fourth-order valence-electron chi connectivity index (χ4n) is 2.48. The molecule has 0 atom stereocenters. The van der Waals surface area contributed by atoms with Crippen LogP contribution in [0.1, 0.15) is 65.5 Å². The maximum atomic E-state index is 3.67. The van der Waals surface area contributed by atoms with Crippen LogP contribution in [0.3, 0.4) is 0 Å². The van der Waals surface area contributed by atoms with Crippen molar-refractivity contribution in [2.24, 2.45) is 0 Å². The van der Waals surface area contributed by atoms with Gasteiger partial charge in [-0.05, 0) is 50.2 Å². The number of hydrogen-bond acceptors (Lipinski definition) is 1.